The summed E-state index contributed by atoms with van der Waals surface area (Å²) in [4.78, 5) is 0. The summed E-state index contributed by atoms with van der Waals surface area (Å²) < 4.78 is 0. The SMILES string of the molecule is CC/C=C(\C)CC/C=C(\C)CC/C(C)=N/O. The fraction of sp³-hybridized carbons (Fsp3) is 0.643. The number of hydrogen-bond donors (Lipinski definition) is 1. The molecule has 0 bridgehead atoms. The van der Waals surface area contributed by atoms with E-state index in [1.54, 1.807) is 0 Å². The van der Waals surface area contributed by atoms with Crippen molar-refractivity contribution >= 4 is 5.71 Å². The molecule has 0 unspecified atom stereocenters. The third-order valence-electron chi connectivity index (χ3n) is 2.64. The zero-order valence-electron chi connectivity index (χ0n) is 11.1. The van der Waals surface area contributed by atoms with Crippen LogP contribution in [-0.2, 0) is 0 Å². The summed E-state index contributed by atoms with van der Waals surface area (Å²) in [6.45, 7) is 8.35. The van der Waals surface area contributed by atoms with Gasteiger partial charge >= 0.3 is 0 Å². The monoisotopic (exact) mass is 223 g/mol. The molecule has 0 aliphatic rings. The second-order valence-corrected chi connectivity index (χ2v) is 4.38. The zero-order chi connectivity index (χ0) is 12.4. The molecule has 2 nitrogen and oxygen atoms in total. The average molecular weight is 223 g/mol. The van der Waals surface area contributed by atoms with E-state index in [0.717, 1.165) is 37.8 Å². The van der Waals surface area contributed by atoms with Gasteiger partial charge in [-0.15, -0.1) is 0 Å². The molecule has 0 saturated heterocycles. The van der Waals surface area contributed by atoms with Crippen molar-refractivity contribution in [3.63, 3.8) is 0 Å². The van der Waals surface area contributed by atoms with Crippen molar-refractivity contribution in [3.05, 3.63) is 23.3 Å². The molecule has 2 heteroatoms. The van der Waals surface area contributed by atoms with Gasteiger partial charge in [0, 0.05) is 0 Å². The molecule has 0 rings (SSSR count). The summed E-state index contributed by atoms with van der Waals surface area (Å²) in [6, 6.07) is 0. The van der Waals surface area contributed by atoms with Gasteiger partial charge in [0.05, 0.1) is 5.71 Å². The van der Waals surface area contributed by atoms with Crippen molar-refractivity contribution in [2.75, 3.05) is 0 Å². The van der Waals surface area contributed by atoms with Crippen molar-refractivity contribution in [1.82, 2.24) is 0 Å². The smallest absolute Gasteiger partial charge is 0.0543 e. The topological polar surface area (TPSA) is 32.6 Å². The van der Waals surface area contributed by atoms with E-state index in [4.69, 9.17) is 5.21 Å². The maximum absolute atomic E-state index is 8.52. The van der Waals surface area contributed by atoms with Crippen LogP contribution in [0, 0.1) is 0 Å². The van der Waals surface area contributed by atoms with E-state index in [-0.39, 0.29) is 0 Å². The Kier molecular flexibility index (Phi) is 8.59. The van der Waals surface area contributed by atoms with E-state index < -0.39 is 0 Å². The molecule has 0 heterocycles. The fourth-order valence-corrected chi connectivity index (χ4v) is 1.53. The molecule has 0 aliphatic carbocycles. The van der Waals surface area contributed by atoms with E-state index >= 15 is 0 Å². The maximum atomic E-state index is 8.52. The first-order chi connectivity index (χ1) is 7.60. The van der Waals surface area contributed by atoms with Crippen molar-refractivity contribution in [1.29, 1.82) is 0 Å². The van der Waals surface area contributed by atoms with Gasteiger partial charge in [0.25, 0.3) is 0 Å². The molecule has 0 aromatic carbocycles. The summed E-state index contributed by atoms with van der Waals surface area (Å²) in [7, 11) is 0. The van der Waals surface area contributed by atoms with E-state index in [0.29, 0.717) is 0 Å². The Hall–Kier alpha value is -1.05. The molecule has 1 N–H and O–H groups in total. The summed E-state index contributed by atoms with van der Waals surface area (Å²) in [5, 5.41) is 11.7. The molecule has 0 saturated carbocycles. The second-order valence-electron chi connectivity index (χ2n) is 4.38. The van der Waals surface area contributed by atoms with E-state index in [1.807, 2.05) is 6.92 Å². The zero-order valence-corrected chi connectivity index (χ0v) is 11.1. The predicted octanol–water partition coefficient (Wildman–Crippen LogP) is 4.70. The van der Waals surface area contributed by atoms with Crippen LogP contribution in [-0.4, -0.2) is 10.9 Å². The highest BCUT2D eigenvalue weighted by Crippen LogP contribution is 2.10. The standard InChI is InChI=1S/C14H25NO/c1-5-7-12(2)8-6-9-13(3)10-11-14(4)15-16/h7,9,16H,5-6,8,10-11H2,1-4H3/b12-7+,13-9+,15-14+. The van der Waals surface area contributed by atoms with Gasteiger partial charge in [0.1, 0.15) is 0 Å². The highest BCUT2D eigenvalue weighted by atomic mass is 16.4. The molecule has 92 valence electrons. The Labute approximate surface area is 99.7 Å². The number of allylic oxidation sites excluding steroid dienone is 4. The third kappa shape index (κ3) is 8.27. The van der Waals surface area contributed by atoms with Gasteiger partial charge in [-0.3, -0.25) is 0 Å². The third-order valence-corrected chi connectivity index (χ3v) is 2.64. The molecule has 0 aliphatic heterocycles. The largest absolute Gasteiger partial charge is 0.411 e. The van der Waals surface area contributed by atoms with E-state index in [9.17, 15) is 0 Å². The van der Waals surface area contributed by atoms with Crippen molar-refractivity contribution < 1.29 is 5.21 Å². The first-order valence-electron chi connectivity index (χ1n) is 6.09. The fourth-order valence-electron chi connectivity index (χ4n) is 1.53. The maximum Gasteiger partial charge on any atom is 0.0543 e. The highest BCUT2D eigenvalue weighted by Gasteiger charge is 1.95. The van der Waals surface area contributed by atoms with Crippen LogP contribution in [0.4, 0.5) is 0 Å². The molecular weight excluding hydrogens is 198 g/mol. The Morgan fingerprint density at radius 3 is 2.19 bits per heavy atom. The molecule has 0 atom stereocenters. The van der Waals surface area contributed by atoms with Gasteiger partial charge < -0.3 is 5.21 Å². The van der Waals surface area contributed by atoms with Gasteiger partial charge in [-0.05, 0) is 52.9 Å². The molecule has 0 aromatic rings. The van der Waals surface area contributed by atoms with Crippen LogP contribution in [0.1, 0.15) is 59.8 Å². The Balaban J connectivity index is 3.83. The van der Waals surface area contributed by atoms with Crippen LogP contribution < -0.4 is 0 Å². The quantitative estimate of drug-likeness (QED) is 0.288. The summed E-state index contributed by atoms with van der Waals surface area (Å²) in [5.74, 6) is 0. The van der Waals surface area contributed by atoms with Crippen LogP contribution in [0.5, 0.6) is 0 Å². The minimum Gasteiger partial charge on any atom is -0.411 e. The highest BCUT2D eigenvalue weighted by molar-refractivity contribution is 5.81. The average Bonchev–Trinajstić information content (AvgIpc) is 2.26. The molecule has 0 aromatic heterocycles. The van der Waals surface area contributed by atoms with Crippen molar-refractivity contribution in [2.24, 2.45) is 5.16 Å². The van der Waals surface area contributed by atoms with Crippen LogP contribution in [0.2, 0.25) is 0 Å². The van der Waals surface area contributed by atoms with E-state index in [2.05, 4.69) is 38.1 Å². The molecule has 0 radical (unpaired) electrons. The van der Waals surface area contributed by atoms with E-state index in [1.165, 1.54) is 11.1 Å². The molecule has 0 fully saturated rings. The summed E-state index contributed by atoms with van der Waals surface area (Å²) in [6.07, 6.45) is 9.81. The lowest BCUT2D eigenvalue weighted by atomic mass is 10.1. The number of nitrogens with zero attached hydrogens (tertiary/aromatic N) is 1. The Bertz CT molecular complexity index is 274. The minimum absolute atomic E-state index is 0.801. The van der Waals surface area contributed by atoms with Crippen LogP contribution in [0.15, 0.2) is 28.5 Å². The van der Waals surface area contributed by atoms with Crippen molar-refractivity contribution in [3.8, 4) is 0 Å². The minimum atomic E-state index is 0.801. The predicted molar refractivity (Wildman–Crippen MR) is 71.2 cm³/mol. The Morgan fingerprint density at radius 1 is 1.00 bits per heavy atom. The molecular formula is C14H25NO. The van der Waals surface area contributed by atoms with Crippen LogP contribution in [0.25, 0.3) is 0 Å². The number of rotatable bonds is 7. The lowest BCUT2D eigenvalue weighted by Gasteiger charge is -2.01. The summed E-state index contributed by atoms with van der Waals surface area (Å²) >= 11 is 0. The lowest BCUT2D eigenvalue weighted by Crippen LogP contribution is -1.91. The van der Waals surface area contributed by atoms with Gasteiger partial charge in [-0.1, -0.05) is 35.4 Å². The molecule has 0 amide bonds. The van der Waals surface area contributed by atoms with Gasteiger partial charge in [0.2, 0.25) is 0 Å². The molecule has 0 spiro atoms. The van der Waals surface area contributed by atoms with Crippen LogP contribution >= 0.6 is 0 Å². The van der Waals surface area contributed by atoms with Gasteiger partial charge in [-0.2, -0.15) is 0 Å². The first-order valence-corrected chi connectivity index (χ1v) is 6.09. The van der Waals surface area contributed by atoms with Crippen molar-refractivity contribution in [2.45, 2.75) is 59.8 Å². The number of oxime groups is 1. The Morgan fingerprint density at radius 2 is 1.62 bits per heavy atom. The molecule has 16 heavy (non-hydrogen) atoms. The van der Waals surface area contributed by atoms with Gasteiger partial charge in [-0.25, -0.2) is 0 Å². The number of hydrogen-bond acceptors (Lipinski definition) is 2. The van der Waals surface area contributed by atoms with Gasteiger partial charge in [0.15, 0.2) is 0 Å². The second kappa shape index (κ2) is 9.20. The summed E-state index contributed by atoms with van der Waals surface area (Å²) in [5.41, 5.74) is 3.65. The lowest BCUT2D eigenvalue weighted by molar-refractivity contribution is 0.317. The van der Waals surface area contributed by atoms with Crippen LogP contribution in [0.3, 0.4) is 0 Å². The normalized spacial score (nSPS) is 14.4. The first kappa shape index (κ1) is 14.9.